The Morgan fingerprint density at radius 3 is 2.69 bits per heavy atom. The van der Waals surface area contributed by atoms with Gasteiger partial charge in [-0.2, -0.15) is 0 Å². The zero-order chi connectivity index (χ0) is 18.7. The fourth-order valence-corrected chi connectivity index (χ4v) is 3.63. The van der Waals surface area contributed by atoms with E-state index >= 15 is 0 Å². The first kappa shape index (κ1) is 18.8. The summed E-state index contributed by atoms with van der Waals surface area (Å²) in [5, 5.41) is 6.62. The van der Waals surface area contributed by atoms with Crippen LogP contribution in [0.2, 0.25) is 10.0 Å². The first-order chi connectivity index (χ1) is 12.4. The lowest BCUT2D eigenvalue weighted by atomic mass is 10.2. The van der Waals surface area contributed by atoms with E-state index in [4.69, 9.17) is 23.2 Å². The van der Waals surface area contributed by atoms with E-state index in [0.717, 1.165) is 5.56 Å². The van der Waals surface area contributed by atoms with Crippen LogP contribution in [0.15, 0.2) is 47.5 Å². The number of nitrogens with zero attached hydrogens (tertiary/aromatic N) is 1. The SMILES string of the molecule is Cc1c(Cl)cccc1NC(=O)C[C@H]1SC(=Nc2ccc(Cl)cc2)NC1=O. The maximum atomic E-state index is 12.3. The second-order valence-corrected chi connectivity index (χ2v) is 7.69. The highest BCUT2D eigenvalue weighted by molar-refractivity contribution is 8.15. The fourth-order valence-electron chi connectivity index (χ4n) is 2.34. The van der Waals surface area contributed by atoms with Crippen molar-refractivity contribution < 1.29 is 9.59 Å². The monoisotopic (exact) mass is 407 g/mol. The van der Waals surface area contributed by atoms with E-state index in [0.29, 0.717) is 26.6 Å². The molecule has 0 radical (unpaired) electrons. The average molecular weight is 408 g/mol. The van der Waals surface area contributed by atoms with Crippen LogP contribution in [0.5, 0.6) is 0 Å². The molecule has 2 aromatic rings. The molecular weight excluding hydrogens is 393 g/mol. The van der Waals surface area contributed by atoms with Crippen LogP contribution >= 0.6 is 35.0 Å². The number of halogens is 2. The maximum absolute atomic E-state index is 12.3. The number of benzene rings is 2. The Hall–Kier alpha value is -2.02. The molecule has 1 atom stereocenters. The largest absolute Gasteiger partial charge is 0.326 e. The molecule has 0 saturated carbocycles. The van der Waals surface area contributed by atoms with Crippen LogP contribution in [0.3, 0.4) is 0 Å². The van der Waals surface area contributed by atoms with Crippen molar-refractivity contribution in [2.24, 2.45) is 4.99 Å². The third kappa shape index (κ3) is 4.58. The van der Waals surface area contributed by atoms with Gasteiger partial charge in [0.1, 0.15) is 5.25 Å². The molecule has 2 aromatic carbocycles. The van der Waals surface area contributed by atoms with Crippen molar-refractivity contribution in [2.75, 3.05) is 5.32 Å². The smallest absolute Gasteiger partial charge is 0.240 e. The lowest BCUT2D eigenvalue weighted by Gasteiger charge is -2.10. The Morgan fingerprint density at radius 2 is 1.96 bits per heavy atom. The minimum absolute atomic E-state index is 0.0437. The molecule has 1 heterocycles. The summed E-state index contributed by atoms with van der Waals surface area (Å²) < 4.78 is 0. The van der Waals surface area contributed by atoms with Crippen molar-refractivity contribution >= 4 is 63.3 Å². The van der Waals surface area contributed by atoms with Crippen molar-refractivity contribution in [1.82, 2.24) is 5.32 Å². The standard InChI is InChI=1S/C18H15Cl2N3O2S/c1-10-13(20)3-2-4-14(10)22-16(24)9-15-17(25)23-18(26-15)21-12-7-5-11(19)6-8-12/h2-8,15H,9H2,1H3,(H,22,24)(H,21,23,25)/t15-/m1/s1. The molecule has 26 heavy (non-hydrogen) atoms. The highest BCUT2D eigenvalue weighted by atomic mass is 35.5. The van der Waals surface area contributed by atoms with Gasteiger partial charge in [0.25, 0.3) is 0 Å². The molecule has 8 heteroatoms. The third-order valence-corrected chi connectivity index (χ3v) is 5.49. The number of hydrogen-bond donors (Lipinski definition) is 2. The van der Waals surface area contributed by atoms with Gasteiger partial charge < -0.3 is 10.6 Å². The molecule has 2 amide bonds. The third-order valence-electron chi connectivity index (χ3n) is 3.75. The van der Waals surface area contributed by atoms with Gasteiger partial charge in [-0.25, -0.2) is 4.99 Å². The quantitative estimate of drug-likeness (QED) is 0.780. The normalized spacial score (nSPS) is 18.0. The summed E-state index contributed by atoms with van der Waals surface area (Å²) in [5.74, 6) is -0.489. The number of hydrogen-bond acceptors (Lipinski definition) is 4. The minimum atomic E-state index is -0.527. The van der Waals surface area contributed by atoms with Gasteiger partial charge in [-0.05, 0) is 48.9 Å². The summed E-state index contributed by atoms with van der Waals surface area (Å²) >= 11 is 13.1. The van der Waals surface area contributed by atoms with Crippen LogP contribution in [0.4, 0.5) is 11.4 Å². The Labute approximate surface area is 165 Å². The number of thioether (sulfide) groups is 1. The number of anilines is 1. The number of carbonyl (C=O) groups is 2. The van der Waals surface area contributed by atoms with Gasteiger partial charge in [-0.3, -0.25) is 9.59 Å². The number of amidine groups is 1. The number of aliphatic imine (C=N–C) groups is 1. The molecule has 1 fully saturated rings. The molecule has 0 spiro atoms. The van der Waals surface area contributed by atoms with E-state index in [-0.39, 0.29) is 18.2 Å². The molecule has 0 unspecified atom stereocenters. The maximum Gasteiger partial charge on any atom is 0.240 e. The Morgan fingerprint density at radius 1 is 1.23 bits per heavy atom. The van der Waals surface area contributed by atoms with Gasteiger partial charge in [-0.15, -0.1) is 0 Å². The van der Waals surface area contributed by atoms with Crippen molar-refractivity contribution in [3.05, 3.63) is 58.1 Å². The summed E-state index contributed by atoms with van der Waals surface area (Å²) in [5.41, 5.74) is 2.11. The van der Waals surface area contributed by atoms with E-state index < -0.39 is 5.25 Å². The number of nitrogens with one attached hydrogen (secondary N) is 2. The average Bonchev–Trinajstić information content (AvgIpc) is 2.93. The lowest BCUT2D eigenvalue weighted by molar-refractivity contribution is -0.122. The molecule has 2 N–H and O–H groups in total. The predicted octanol–water partition coefficient (Wildman–Crippen LogP) is 4.55. The molecule has 5 nitrogen and oxygen atoms in total. The van der Waals surface area contributed by atoms with E-state index in [1.165, 1.54) is 11.8 Å². The van der Waals surface area contributed by atoms with Crippen LogP contribution in [0.25, 0.3) is 0 Å². The van der Waals surface area contributed by atoms with Gasteiger partial charge in [0.2, 0.25) is 11.8 Å². The highest BCUT2D eigenvalue weighted by Gasteiger charge is 2.32. The van der Waals surface area contributed by atoms with Crippen LogP contribution in [-0.2, 0) is 9.59 Å². The van der Waals surface area contributed by atoms with Crippen molar-refractivity contribution in [3.63, 3.8) is 0 Å². The first-order valence-corrected chi connectivity index (χ1v) is 9.42. The summed E-state index contributed by atoms with van der Waals surface area (Å²) in [7, 11) is 0. The van der Waals surface area contributed by atoms with Crippen LogP contribution in [0.1, 0.15) is 12.0 Å². The summed E-state index contributed by atoms with van der Waals surface area (Å²) in [4.78, 5) is 28.7. The summed E-state index contributed by atoms with van der Waals surface area (Å²) in [6, 6.07) is 12.2. The molecule has 1 aliphatic rings. The van der Waals surface area contributed by atoms with Crippen molar-refractivity contribution in [2.45, 2.75) is 18.6 Å². The molecule has 0 aliphatic carbocycles. The Kier molecular flexibility index (Phi) is 5.86. The topological polar surface area (TPSA) is 70.6 Å². The fraction of sp³-hybridized carbons (Fsp3) is 0.167. The van der Waals surface area contributed by atoms with E-state index in [1.807, 2.05) is 6.92 Å². The molecule has 0 bridgehead atoms. The molecule has 3 rings (SSSR count). The summed E-state index contributed by atoms with van der Waals surface area (Å²) in [6.07, 6.45) is 0.0437. The van der Waals surface area contributed by atoms with Crippen LogP contribution in [-0.4, -0.2) is 22.2 Å². The Bertz CT molecular complexity index is 885. The molecule has 134 valence electrons. The van der Waals surface area contributed by atoms with Crippen molar-refractivity contribution in [3.8, 4) is 0 Å². The van der Waals surface area contributed by atoms with Crippen molar-refractivity contribution in [1.29, 1.82) is 0 Å². The van der Waals surface area contributed by atoms with Gasteiger partial charge in [0.15, 0.2) is 5.17 Å². The first-order valence-electron chi connectivity index (χ1n) is 7.79. The lowest BCUT2D eigenvalue weighted by Crippen LogP contribution is -2.28. The van der Waals surface area contributed by atoms with E-state index in [1.54, 1.807) is 42.5 Å². The highest BCUT2D eigenvalue weighted by Crippen LogP contribution is 2.27. The van der Waals surface area contributed by atoms with E-state index in [2.05, 4.69) is 15.6 Å². The second-order valence-electron chi connectivity index (χ2n) is 5.65. The number of amides is 2. The van der Waals surface area contributed by atoms with Crippen LogP contribution in [0, 0.1) is 6.92 Å². The molecular formula is C18H15Cl2N3O2S. The molecule has 1 aliphatic heterocycles. The van der Waals surface area contributed by atoms with Crippen LogP contribution < -0.4 is 10.6 Å². The Balaban J connectivity index is 1.63. The van der Waals surface area contributed by atoms with Gasteiger partial charge in [-0.1, -0.05) is 41.0 Å². The molecule has 0 aromatic heterocycles. The zero-order valence-electron chi connectivity index (χ0n) is 13.8. The second kappa shape index (κ2) is 8.12. The number of carbonyl (C=O) groups excluding carboxylic acids is 2. The molecule has 1 saturated heterocycles. The van der Waals surface area contributed by atoms with Gasteiger partial charge >= 0.3 is 0 Å². The van der Waals surface area contributed by atoms with Gasteiger partial charge in [0.05, 0.1) is 5.69 Å². The number of rotatable bonds is 4. The van der Waals surface area contributed by atoms with E-state index in [9.17, 15) is 9.59 Å². The zero-order valence-corrected chi connectivity index (χ0v) is 16.1. The minimum Gasteiger partial charge on any atom is -0.326 e. The summed E-state index contributed by atoms with van der Waals surface area (Å²) in [6.45, 7) is 1.83. The predicted molar refractivity (Wildman–Crippen MR) is 108 cm³/mol. The van der Waals surface area contributed by atoms with Gasteiger partial charge in [0, 0.05) is 22.2 Å².